The highest BCUT2D eigenvalue weighted by Gasteiger charge is 2.24. The number of benzene rings is 1. The van der Waals surface area contributed by atoms with Gasteiger partial charge >= 0.3 is 0 Å². The number of hydrogen-bond donors (Lipinski definition) is 1. The van der Waals surface area contributed by atoms with Gasteiger partial charge in [0.1, 0.15) is 5.75 Å². The minimum atomic E-state index is -0.114. The number of rotatable bonds is 6. The Hall–Kier alpha value is -3.22. The predicted octanol–water partition coefficient (Wildman–Crippen LogP) is 3.00. The summed E-state index contributed by atoms with van der Waals surface area (Å²) in [4.78, 5) is 33.5. The van der Waals surface area contributed by atoms with Crippen LogP contribution in [0.2, 0.25) is 0 Å². The number of ether oxygens (including phenoxy) is 1. The maximum Gasteiger partial charge on any atom is 0.261 e. The molecular formula is C23H26N4O3. The SMILES string of the molecule is Cc1ncccc1OC1CCC(NC(=O)CCn2cnc3ccccc3c2=O)CC1. The predicted molar refractivity (Wildman–Crippen MR) is 114 cm³/mol. The Morgan fingerprint density at radius 3 is 2.73 bits per heavy atom. The van der Waals surface area contributed by atoms with Gasteiger partial charge in [-0.3, -0.25) is 19.1 Å². The fraction of sp³-hybridized carbons (Fsp3) is 0.391. The van der Waals surface area contributed by atoms with Gasteiger partial charge < -0.3 is 10.1 Å². The third-order valence-corrected chi connectivity index (χ3v) is 5.60. The fourth-order valence-corrected chi connectivity index (χ4v) is 3.89. The van der Waals surface area contributed by atoms with Gasteiger partial charge in [-0.1, -0.05) is 12.1 Å². The van der Waals surface area contributed by atoms with Crippen molar-refractivity contribution in [2.75, 3.05) is 0 Å². The molecule has 1 N–H and O–H groups in total. The molecule has 0 aliphatic heterocycles. The van der Waals surface area contributed by atoms with E-state index in [9.17, 15) is 9.59 Å². The molecule has 156 valence electrons. The van der Waals surface area contributed by atoms with Crippen LogP contribution in [0.5, 0.6) is 5.75 Å². The number of hydrogen-bond acceptors (Lipinski definition) is 5. The lowest BCUT2D eigenvalue weighted by molar-refractivity contribution is -0.122. The normalized spacial score (nSPS) is 18.8. The average Bonchev–Trinajstić information content (AvgIpc) is 2.76. The molecule has 4 rings (SSSR count). The number of carbonyl (C=O) groups excluding carboxylic acids is 1. The maximum absolute atomic E-state index is 12.5. The van der Waals surface area contributed by atoms with Gasteiger partial charge in [0.25, 0.3) is 5.56 Å². The minimum Gasteiger partial charge on any atom is -0.489 e. The van der Waals surface area contributed by atoms with E-state index in [2.05, 4.69) is 15.3 Å². The molecule has 1 aliphatic rings. The zero-order valence-electron chi connectivity index (χ0n) is 17.1. The Morgan fingerprint density at radius 2 is 1.93 bits per heavy atom. The van der Waals surface area contributed by atoms with Gasteiger partial charge in [-0.25, -0.2) is 4.98 Å². The molecule has 7 nitrogen and oxygen atoms in total. The Kier molecular flexibility index (Phi) is 6.07. The van der Waals surface area contributed by atoms with Crippen molar-refractivity contribution in [3.8, 4) is 5.75 Å². The molecule has 1 amide bonds. The zero-order valence-corrected chi connectivity index (χ0v) is 17.1. The molecule has 0 atom stereocenters. The van der Waals surface area contributed by atoms with Crippen molar-refractivity contribution < 1.29 is 9.53 Å². The van der Waals surface area contributed by atoms with E-state index in [1.54, 1.807) is 12.3 Å². The number of nitrogens with zero attached hydrogens (tertiary/aromatic N) is 3. The van der Waals surface area contributed by atoms with Gasteiger partial charge in [-0.15, -0.1) is 0 Å². The van der Waals surface area contributed by atoms with Crippen molar-refractivity contribution in [3.63, 3.8) is 0 Å². The van der Waals surface area contributed by atoms with Gasteiger partial charge in [0.05, 0.1) is 29.0 Å². The lowest BCUT2D eigenvalue weighted by atomic mass is 9.93. The number of fused-ring (bicyclic) bond motifs is 1. The van der Waals surface area contributed by atoms with Gasteiger partial charge in [0.2, 0.25) is 5.91 Å². The van der Waals surface area contributed by atoms with Crippen LogP contribution in [0, 0.1) is 6.92 Å². The van der Waals surface area contributed by atoms with E-state index in [1.165, 1.54) is 10.9 Å². The van der Waals surface area contributed by atoms with Crippen LogP contribution < -0.4 is 15.6 Å². The molecule has 1 aliphatic carbocycles. The van der Waals surface area contributed by atoms with Crippen LogP contribution in [-0.2, 0) is 11.3 Å². The summed E-state index contributed by atoms with van der Waals surface area (Å²) >= 11 is 0. The van der Waals surface area contributed by atoms with E-state index >= 15 is 0 Å². The smallest absolute Gasteiger partial charge is 0.261 e. The second kappa shape index (κ2) is 9.07. The largest absolute Gasteiger partial charge is 0.489 e. The first-order chi connectivity index (χ1) is 14.6. The minimum absolute atomic E-state index is 0.0393. The number of para-hydroxylation sites is 1. The molecule has 1 fully saturated rings. The van der Waals surface area contributed by atoms with Crippen LogP contribution in [-0.4, -0.2) is 32.6 Å². The number of nitrogens with one attached hydrogen (secondary N) is 1. The van der Waals surface area contributed by atoms with Crippen LogP contribution >= 0.6 is 0 Å². The van der Waals surface area contributed by atoms with Gasteiger partial charge in [0, 0.05) is 25.2 Å². The van der Waals surface area contributed by atoms with E-state index in [1.807, 2.05) is 37.3 Å². The summed E-state index contributed by atoms with van der Waals surface area (Å²) in [6.07, 6.45) is 7.24. The van der Waals surface area contributed by atoms with Crippen LogP contribution in [0.1, 0.15) is 37.8 Å². The molecule has 0 bridgehead atoms. The zero-order chi connectivity index (χ0) is 20.9. The molecule has 0 spiro atoms. The van der Waals surface area contributed by atoms with E-state index in [4.69, 9.17) is 4.74 Å². The van der Waals surface area contributed by atoms with Crippen LogP contribution in [0.3, 0.4) is 0 Å². The first-order valence-electron chi connectivity index (χ1n) is 10.4. The maximum atomic E-state index is 12.5. The second-order valence-corrected chi connectivity index (χ2v) is 7.76. The van der Waals surface area contributed by atoms with Crippen molar-refractivity contribution in [1.29, 1.82) is 0 Å². The monoisotopic (exact) mass is 406 g/mol. The third-order valence-electron chi connectivity index (χ3n) is 5.60. The topological polar surface area (TPSA) is 86.1 Å². The first-order valence-corrected chi connectivity index (χ1v) is 10.4. The summed E-state index contributed by atoms with van der Waals surface area (Å²) in [6, 6.07) is 11.2. The van der Waals surface area contributed by atoms with E-state index in [-0.39, 0.29) is 30.0 Å². The van der Waals surface area contributed by atoms with E-state index in [0.717, 1.165) is 37.1 Å². The Morgan fingerprint density at radius 1 is 1.13 bits per heavy atom. The van der Waals surface area contributed by atoms with Crippen molar-refractivity contribution in [2.24, 2.45) is 0 Å². The highest BCUT2D eigenvalue weighted by Crippen LogP contribution is 2.25. The molecule has 30 heavy (non-hydrogen) atoms. The fourth-order valence-electron chi connectivity index (χ4n) is 3.89. The summed E-state index contributed by atoms with van der Waals surface area (Å²) < 4.78 is 7.58. The standard InChI is InChI=1S/C23H26N4O3/c1-16-21(7-4-13-24-16)30-18-10-8-17(9-11-18)26-22(28)12-14-27-15-25-20-6-3-2-5-19(20)23(27)29/h2-7,13,15,17-18H,8-12,14H2,1H3,(H,26,28). The summed E-state index contributed by atoms with van der Waals surface area (Å²) in [6.45, 7) is 2.26. The van der Waals surface area contributed by atoms with Crippen molar-refractivity contribution in [2.45, 2.75) is 57.7 Å². The van der Waals surface area contributed by atoms with Gasteiger partial charge in [-0.05, 0) is 56.9 Å². The highest BCUT2D eigenvalue weighted by molar-refractivity contribution is 5.77. The molecular weight excluding hydrogens is 380 g/mol. The second-order valence-electron chi connectivity index (χ2n) is 7.76. The molecule has 1 aromatic carbocycles. The number of aromatic nitrogens is 3. The van der Waals surface area contributed by atoms with Crippen molar-refractivity contribution >= 4 is 16.8 Å². The number of pyridine rings is 1. The average molecular weight is 406 g/mol. The lowest BCUT2D eigenvalue weighted by Crippen LogP contribution is -2.40. The number of carbonyl (C=O) groups is 1. The third kappa shape index (κ3) is 4.67. The summed E-state index contributed by atoms with van der Waals surface area (Å²) in [7, 11) is 0. The highest BCUT2D eigenvalue weighted by atomic mass is 16.5. The van der Waals surface area contributed by atoms with Gasteiger partial charge in [-0.2, -0.15) is 0 Å². The van der Waals surface area contributed by atoms with Gasteiger partial charge in [0.15, 0.2) is 0 Å². The Balaban J connectivity index is 1.25. The van der Waals surface area contributed by atoms with Crippen LogP contribution in [0.4, 0.5) is 0 Å². The van der Waals surface area contributed by atoms with E-state index in [0.29, 0.717) is 17.4 Å². The molecule has 0 saturated heterocycles. The quantitative estimate of drug-likeness (QED) is 0.680. The molecule has 3 aromatic rings. The van der Waals surface area contributed by atoms with E-state index < -0.39 is 0 Å². The Bertz CT molecular complexity index is 1090. The van der Waals surface area contributed by atoms with Crippen LogP contribution in [0.15, 0.2) is 53.7 Å². The summed E-state index contributed by atoms with van der Waals surface area (Å²) in [5, 5.41) is 3.67. The molecule has 7 heteroatoms. The summed E-state index contributed by atoms with van der Waals surface area (Å²) in [5.41, 5.74) is 1.45. The summed E-state index contributed by atoms with van der Waals surface area (Å²) in [5.74, 6) is 0.793. The lowest BCUT2D eigenvalue weighted by Gasteiger charge is -2.29. The Labute approximate surface area is 175 Å². The molecule has 1 saturated carbocycles. The van der Waals surface area contributed by atoms with Crippen molar-refractivity contribution in [3.05, 3.63) is 65.0 Å². The molecule has 2 aromatic heterocycles. The molecule has 0 radical (unpaired) electrons. The molecule has 0 unspecified atom stereocenters. The molecule has 2 heterocycles. The van der Waals surface area contributed by atoms with Crippen LogP contribution in [0.25, 0.3) is 10.9 Å². The number of aryl methyl sites for hydroxylation is 2. The van der Waals surface area contributed by atoms with Crippen molar-refractivity contribution in [1.82, 2.24) is 19.9 Å². The first kappa shape index (κ1) is 20.1. The number of amides is 1.